The molecular weight excluding hydrogens is 378 g/mol. The molecule has 0 bridgehead atoms. The van der Waals surface area contributed by atoms with Crippen LogP contribution in [0.3, 0.4) is 0 Å². The van der Waals surface area contributed by atoms with Crippen LogP contribution in [0.1, 0.15) is 18.4 Å². The lowest BCUT2D eigenvalue weighted by molar-refractivity contribution is -0.128. The van der Waals surface area contributed by atoms with E-state index in [1.165, 1.54) is 4.90 Å². The Morgan fingerprint density at radius 2 is 1.79 bits per heavy atom. The van der Waals surface area contributed by atoms with Crippen LogP contribution in [-0.2, 0) is 11.2 Å². The number of thioether (sulfide) groups is 1. The van der Waals surface area contributed by atoms with Gasteiger partial charge in [0, 0.05) is 4.90 Å². The van der Waals surface area contributed by atoms with Gasteiger partial charge in [0.05, 0.1) is 6.42 Å². The van der Waals surface area contributed by atoms with Crippen LogP contribution in [-0.4, -0.2) is 34.6 Å². The predicted octanol–water partition coefficient (Wildman–Crippen LogP) is 3.55. The number of hydrogen-bond acceptors (Lipinski definition) is 7. The standard InChI is InChI=1S/C20H19N3O4S/c1-12-18(26-16-6-4-3-5-15(16)25-12)19(24)21-20-23-22-17(27-20)11-13-7-9-14(28-2)10-8-13/h3-10,12,18H,11H2,1-2H3,(H,21,23,24). The highest BCUT2D eigenvalue weighted by atomic mass is 32.2. The molecule has 1 aliphatic heterocycles. The molecule has 0 radical (unpaired) electrons. The lowest BCUT2D eigenvalue weighted by Gasteiger charge is -2.30. The summed E-state index contributed by atoms with van der Waals surface area (Å²) in [5.41, 5.74) is 1.05. The summed E-state index contributed by atoms with van der Waals surface area (Å²) in [5.74, 6) is 1.17. The first-order chi connectivity index (χ1) is 13.6. The van der Waals surface area contributed by atoms with Crippen LogP contribution in [0.4, 0.5) is 6.01 Å². The molecule has 2 heterocycles. The van der Waals surface area contributed by atoms with Crippen molar-refractivity contribution in [2.75, 3.05) is 11.6 Å². The highest BCUT2D eigenvalue weighted by Crippen LogP contribution is 2.33. The number of anilines is 1. The highest BCUT2D eigenvalue weighted by molar-refractivity contribution is 7.98. The average Bonchev–Trinajstić information content (AvgIpc) is 3.14. The first kappa shape index (κ1) is 18.4. The molecule has 144 valence electrons. The SMILES string of the molecule is CSc1ccc(Cc2nnc(NC(=O)C3Oc4ccccc4OC3C)o2)cc1. The van der Waals surface area contributed by atoms with Gasteiger partial charge in [-0.15, -0.1) is 16.9 Å². The van der Waals surface area contributed by atoms with Gasteiger partial charge >= 0.3 is 6.01 Å². The normalized spacial score (nSPS) is 17.9. The second-order valence-electron chi connectivity index (χ2n) is 6.32. The molecule has 0 saturated carbocycles. The van der Waals surface area contributed by atoms with Crippen LogP contribution in [0.25, 0.3) is 0 Å². The molecule has 0 aliphatic carbocycles. The molecule has 1 aliphatic rings. The Kier molecular flexibility index (Phi) is 5.21. The minimum atomic E-state index is -0.815. The third-order valence-electron chi connectivity index (χ3n) is 4.31. The summed E-state index contributed by atoms with van der Waals surface area (Å²) in [4.78, 5) is 13.8. The van der Waals surface area contributed by atoms with Gasteiger partial charge in [-0.1, -0.05) is 29.4 Å². The van der Waals surface area contributed by atoms with Gasteiger partial charge in [0.1, 0.15) is 6.10 Å². The van der Waals surface area contributed by atoms with Crippen LogP contribution in [0, 0.1) is 0 Å². The predicted molar refractivity (Wildman–Crippen MR) is 105 cm³/mol. The first-order valence-electron chi connectivity index (χ1n) is 8.81. The number of para-hydroxylation sites is 2. The zero-order chi connectivity index (χ0) is 19.5. The zero-order valence-electron chi connectivity index (χ0n) is 15.4. The fraction of sp³-hybridized carbons (Fsp3) is 0.250. The zero-order valence-corrected chi connectivity index (χ0v) is 16.2. The monoisotopic (exact) mass is 397 g/mol. The fourth-order valence-electron chi connectivity index (χ4n) is 2.88. The number of fused-ring (bicyclic) bond motifs is 1. The van der Waals surface area contributed by atoms with Gasteiger partial charge in [0.2, 0.25) is 12.0 Å². The third kappa shape index (κ3) is 3.96. The molecule has 8 heteroatoms. The quantitative estimate of drug-likeness (QED) is 0.659. The summed E-state index contributed by atoms with van der Waals surface area (Å²) >= 11 is 1.68. The summed E-state index contributed by atoms with van der Waals surface area (Å²) in [6, 6.07) is 15.4. The summed E-state index contributed by atoms with van der Waals surface area (Å²) in [6.07, 6.45) is 1.25. The van der Waals surface area contributed by atoms with E-state index in [0.29, 0.717) is 23.8 Å². The third-order valence-corrected chi connectivity index (χ3v) is 5.06. The molecular formula is C20H19N3O4S. The maximum Gasteiger partial charge on any atom is 0.322 e. The van der Waals surface area contributed by atoms with Gasteiger partial charge in [0.25, 0.3) is 5.91 Å². The van der Waals surface area contributed by atoms with Gasteiger partial charge in [-0.2, -0.15) is 0 Å². The number of amides is 1. The van der Waals surface area contributed by atoms with E-state index in [0.717, 1.165) is 5.56 Å². The van der Waals surface area contributed by atoms with E-state index >= 15 is 0 Å². The van der Waals surface area contributed by atoms with Gasteiger partial charge in [0.15, 0.2) is 11.5 Å². The molecule has 4 rings (SSSR count). The number of ether oxygens (including phenoxy) is 2. The number of hydrogen-bond donors (Lipinski definition) is 1. The number of carbonyl (C=O) groups is 1. The van der Waals surface area contributed by atoms with Gasteiger partial charge in [-0.05, 0) is 43.0 Å². The highest BCUT2D eigenvalue weighted by Gasteiger charge is 2.34. The Labute approximate surface area is 166 Å². The van der Waals surface area contributed by atoms with Crippen molar-refractivity contribution >= 4 is 23.7 Å². The van der Waals surface area contributed by atoms with E-state index in [-0.39, 0.29) is 6.01 Å². The summed E-state index contributed by atoms with van der Waals surface area (Å²) in [6.45, 7) is 1.78. The summed E-state index contributed by atoms with van der Waals surface area (Å²) in [5, 5.41) is 10.5. The second kappa shape index (κ2) is 7.93. The van der Waals surface area contributed by atoms with Crippen molar-refractivity contribution in [3.63, 3.8) is 0 Å². The molecule has 2 atom stereocenters. The summed E-state index contributed by atoms with van der Waals surface area (Å²) in [7, 11) is 0. The summed E-state index contributed by atoms with van der Waals surface area (Å²) < 4.78 is 17.1. The molecule has 1 aromatic heterocycles. The van der Waals surface area contributed by atoms with Crippen LogP contribution >= 0.6 is 11.8 Å². The van der Waals surface area contributed by atoms with E-state index in [9.17, 15) is 4.79 Å². The number of benzene rings is 2. The smallest absolute Gasteiger partial charge is 0.322 e. The Morgan fingerprint density at radius 3 is 2.50 bits per heavy atom. The number of nitrogens with one attached hydrogen (secondary N) is 1. The second-order valence-corrected chi connectivity index (χ2v) is 7.20. The lowest BCUT2D eigenvalue weighted by Crippen LogP contribution is -2.46. The van der Waals surface area contributed by atoms with Crippen molar-refractivity contribution < 1.29 is 18.7 Å². The van der Waals surface area contributed by atoms with Crippen LogP contribution in [0.2, 0.25) is 0 Å². The Morgan fingerprint density at radius 1 is 1.07 bits per heavy atom. The Hall–Kier alpha value is -3.00. The largest absolute Gasteiger partial charge is 0.482 e. The van der Waals surface area contributed by atoms with Crippen molar-refractivity contribution in [3.05, 3.63) is 60.0 Å². The van der Waals surface area contributed by atoms with E-state index in [2.05, 4.69) is 15.5 Å². The molecule has 0 saturated heterocycles. The van der Waals surface area contributed by atoms with Crippen molar-refractivity contribution in [1.29, 1.82) is 0 Å². The van der Waals surface area contributed by atoms with Crippen molar-refractivity contribution in [2.24, 2.45) is 0 Å². The molecule has 1 N–H and O–H groups in total. The van der Waals surface area contributed by atoms with Crippen molar-refractivity contribution in [3.8, 4) is 11.5 Å². The topological polar surface area (TPSA) is 86.5 Å². The first-order valence-corrected chi connectivity index (χ1v) is 10.0. The van der Waals surface area contributed by atoms with Crippen LogP contribution in [0.5, 0.6) is 11.5 Å². The maximum atomic E-state index is 12.6. The Balaban J connectivity index is 1.40. The maximum absolute atomic E-state index is 12.6. The Bertz CT molecular complexity index is 974. The van der Waals surface area contributed by atoms with E-state index in [1.807, 2.05) is 42.7 Å². The molecule has 0 spiro atoms. The number of nitrogens with zero attached hydrogens (tertiary/aromatic N) is 2. The molecule has 28 heavy (non-hydrogen) atoms. The number of carbonyl (C=O) groups excluding carboxylic acids is 1. The van der Waals surface area contributed by atoms with E-state index in [4.69, 9.17) is 13.9 Å². The van der Waals surface area contributed by atoms with Crippen LogP contribution < -0.4 is 14.8 Å². The lowest BCUT2D eigenvalue weighted by atomic mass is 10.1. The molecule has 2 unspecified atom stereocenters. The van der Waals surface area contributed by atoms with E-state index in [1.54, 1.807) is 30.8 Å². The van der Waals surface area contributed by atoms with Crippen LogP contribution in [0.15, 0.2) is 57.8 Å². The van der Waals surface area contributed by atoms with Crippen molar-refractivity contribution in [1.82, 2.24) is 10.2 Å². The van der Waals surface area contributed by atoms with E-state index < -0.39 is 18.1 Å². The molecule has 7 nitrogen and oxygen atoms in total. The van der Waals surface area contributed by atoms with Gasteiger partial charge < -0.3 is 13.9 Å². The minimum absolute atomic E-state index is 0.0374. The fourth-order valence-corrected chi connectivity index (χ4v) is 3.28. The van der Waals surface area contributed by atoms with Gasteiger partial charge in [-0.3, -0.25) is 10.1 Å². The molecule has 3 aromatic rings. The van der Waals surface area contributed by atoms with Gasteiger partial charge in [-0.25, -0.2) is 0 Å². The average molecular weight is 397 g/mol. The van der Waals surface area contributed by atoms with Crippen molar-refractivity contribution in [2.45, 2.75) is 30.4 Å². The molecule has 0 fully saturated rings. The molecule has 1 amide bonds. The minimum Gasteiger partial charge on any atom is -0.482 e. The number of rotatable bonds is 5. The number of aromatic nitrogens is 2. The molecule has 2 aromatic carbocycles.